The fraction of sp³-hybridized carbons (Fsp3) is 0.562. The van der Waals surface area contributed by atoms with E-state index < -0.39 is 11.6 Å². The molecule has 1 heterocycles. The Labute approximate surface area is 124 Å². The zero-order valence-electron chi connectivity index (χ0n) is 12.5. The van der Waals surface area contributed by atoms with Crippen molar-refractivity contribution in [3.8, 4) is 0 Å². The summed E-state index contributed by atoms with van der Waals surface area (Å²) < 4.78 is 27.4. The third-order valence-corrected chi connectivity index (χ3v) is 3.81. The number of carbonyl (C=O) groups excluding carboxylic acids is 1. The molecular weight excluding hydrogens is 274 g/mol. The molecular formula is C16H22F2N2O. The maximum absolute atomic E-state index is 14.0. The molecule has 3 nitrogen and oxygen atoms in total. The quantitative estimate of drug-likeness (QED) is 0.875. The molecule has 0 saturated carbocycles. The molecule has 116 valence electrons. The van der Waals surface area contributed by atoms with Gasteiger partial charge in [0.2, 0.25) is 5.91 Å². The molecule has 0 bridgehead atoms. The van der Waals surface area contributed by atoms with E-state index in [4.69, 9.17) is 0 Å². The summed E-state index contributed by atoms with van der Waals surface area (Å²) in [4.78, 5) is 13.6. The molecule has 1 N–H and O–H groups in total. The number of rotatable bonds is 6. The Morgan fingerprint density at radius 2 is 2.19 bits per heavy atom. The van der Waals surface area contributed by atoms with Crippen LogP contribution >= 0.6 is 0 Å². The van der Waals surface area contributed by atoms with Crippen molar-refractivity contribution in [3.05, 3.63) is 35.4 Å². The van der Waals surface area contributed by atoms with Crippen LogP contribution in [0.2, 0.25) is 0 Å². The van der Waals surface area contributed by atoms with Gasteiger partial charge in [-0.2, -0.15) is 0 Å². The number of likely N-dealkylation sites (tertiary alicyclic amines) is 1. The largest absolute Gasteiger partial charge is 0.340 e. The molecule has 1 saturated heterocycles. The minimum absolute atomic E-state index is 0.0857. The average Bonchev–Trinajstić information content (AvgIpc) is 2.76. The minimum Gasteiger partial charge on any atom is -0.340 e. The topological polar surface area (TPSA) is 32.3 Å². The van der Waals surface area contributed by atoms with Gasteiger partial charge in [-0.25, -0.2) is 8.78 Å². The van der Waals surface area contributed by atoms with E-state index in [1.807, 2.05) is 13.8 Å². The molecule has 1 fully saturated rings. The van der Waals surface area contributed by atoms with Gasteiger partial charge in [-0.15, -0.1) is 0 Å². The zero-order chi connectivity index (χ0) is 15.4. The molecule has 1 aliphatic rings. The van der Waals surface area contributed by atoms with Crippen molar-refractivity contribution in [3.63, 3.8) is 0 Å². The van der Waals surface area contributed by atoms with Crippen LogP contribution in [0.15, 0.2) is 18.2 Å². The minimum atomic E-state index is -0.850. The number of nitrogens with zero attached hydrogens (tertiary/aromatic N) is 1. The summed E-state index contributed by atoms with van der Waals surface area (Å²) in [5.41, 5.74) is 0.288. The highest BCUT2D eigenvalue weighted by Crippen LogP contribution is 2.24. The number of benzene rings is 1. The van der Waals surface area contributed by atoms with Gasteiger partial charge >= 0.3 is 0 Å². The first-order chi connectivity index (χ1) is 10.0. The number of amides is 1. The van der Waals surface area contributed by atoms with E-state index in [9.17, 15) is 13.6 Å². The molecule has 2 rings (SSSR count). The van der Waals surface area contributed by atoms with E-state index in [1.54, 1.807) is 11.0 Å². The van der Waals surface area contributed by atoms with Gasteiger partial charge in [0, 0.05) is 25.1 Å². The van der Waals surface area contributed by atoms with Crippen LogP contribution in [0.4, 0.5) is 8.78 Å². The van der Waals surface area contributed by atoms with E-state index in [0.29, 0.717) is 32.0 Å². The molecule has 0 radical (unpaired) electrons. The predicted molar refractivity (Wildman–Crippen MR) is 77.8 cm³/mol. The van der Waals surface area contributed by atoms with Gasteiger partial charge in [-0.1, -0.05) is 26.0 Å². The molecule has 2 unspecified atom stereocenters. The maximum atomic E-state index is 14.0. The lowest BCUT2D eigenvalue weighted by atomic mass is 10.0. The monoisotopic (exact) mass is 296 g/mol. The van der Waals surface area contributed by atoms with Crippen molar-refractivity contribution in [2.75, 3.05) is 19.6 Å². The SMILES string of the molecule is CCCNC(CN1CC(C)CC1=O)c1cccc(F)c1F. The number of hydrogen-bond acceptors (Lipinski definition) is 2. The second-order valence-corrected chi connectivity index (χ2v) is 5.76. The van der Waals surface area contributed by atoms with Gasteiger partial charge in [0.05, 0.1) is 6.04 Å². The van der Waals surface area contributed by atoms with Crippen molar-refractivity contribution in [1.29, 1.82) is 0 Å². The molecule has 1 aliphatic heterocycles. The van der Waals surface area contributed by atoms with Crippen LogP contribution in [0.5, 0.6) is 0 Å². The standard InChI is InChI=1S/C16H22F2N2O/c1-3-7-19-14(10-20-9-11(2)8-15(20)21)12-5-4-6-13(17)16(12)18/h4-6,11,14,19H,3,7-10H2,1-2H3. The Bertz CT molecular complexity index is 507. The van der Waals surface area contributed by atoms with Crippen LogP contribution in [0.1, 0.15) is 38.3 Å². The number of nitrogens with one attached hydrogen (secondary N) is 1. The summed E-state index contributed by atoms with van der Waals surface area (Å²) in [6, 6.07) is 3.81. The molecule has 21 heavy (non-hydrogen) atoms. The van der Waals surface area contributed by atoms with Crippen molar-refractivity contribution in [2.24, 2.45) is 5.92 Å². The predicted octanol–water partition coefficient (Wildman–Crippen LogP) is 2.87. The van der Waals surface area contributed by atoms with Gasteiger partial charge < -0.3 is 10.2 Å². The highest BCUT2D eigenvalue weighted by molar-refractivity contribution is 5.78. The highest BCUT2D eigenvalue weighted by Gasteiger charge is 2.29. The summed E-state index contributed by atoms with van der Waals surface area (Å²) >= 11 is 0. The lowest BCUT2D eigenvalue weighted by Gasteiger charge is -2.26. The van der Waals surface area contributed by atoms with Crippen LogP contribution < -0.4 is 5.32 Å². The number of carbonyl (C=O) groups is 1. The molecule has 0 aromatic heterocycles. The fourth-order valence-corrected chi connectivity index (χ4v) is 2.75. The first-order valence-electron chi connectivity index (χ1n) is 7.48. The summed E-state index contributed by atoms with van der Waals surface area (Å²) in [7, 11) is 0. The van der Waals surface area contributed by atoms with Crippen molar-refractivity contribution in [2.45, 2.75) is 32.7 Å². The molecule has 1 aromatic rings. The van der Waals surface area contributed by atoms with Gasteiger partial charge in [0.15, 0.2) is 11.6 Å². The van der Waals surface area contributed by atoms with E-state index in [-0.39, 0.29) is 17.5 Å². The fourth-order valence-electron chi connectivity index (χ4n) is 2.75. The Balaban J connectivity index is 2.18. The second-order valence-electron chi connectivity index (χ2n) is 5.76. The normalized spacial score (nSPS) is 20.1. The van der Waals surface area contributed by atoms with Gasteiger partial charge in [-0.05, 0) is 24.9 Å². The van der Waals surface area contributed by atoms with Crippen LogP contribution in [-0.2, 0) is 4.79 Å². The molecule has 1 amide bonds. The molecule has 0 aliphatic carbocycles. The molecule has 5 heteroatoms. The van der Waals surface area contributed by atoms with Crippen LogP contribution in [-0.4, -0.2) is 30.4 Å². The van der Waals surface area contributed by atoms with Crippen LogP contribution in [0.3, 0.4) is 0 Å². The summed E-state index contributed by atoms with van der Waals surface area (Å²) in [6.45, 7) is 5.78. The smallest absolute Gasteiger partial charge is 0.222 e. The van der Waals surface area contributed by atoms with E-state index in [1.165, 1.54) is 6.07 Å². The highest BCUT2D eigenvalue weighted by atomic mass is 19.2. The van der Waals surface area contributed by atoms with Crippen LogP contribution in [0.25, 0.3) is 0 Å². The molecule has 2 atom stereocenters. The Morgan fingerprint density at radius 1 is 1.43 bits per heavy atom. The molecule has 0 spiro atoms. The lowest BCUT2D eigenvalue weighted by molar-refractivity contribution is -0.128. The second kappa shape index (κ2) is 6.98. The van der Waals surface area contributed by atoms with Gasteiger partial charge in [0.25, 0.3) is 0 Å². The summed E-state index contributed by atoms with van der Waals surface area (Å²) in [5.74, 6) is -1.27. The third-order valence-electron chi connectivity index (χ3n) is 3.81. The van der Waals surface area contributed by atoms with Crippen LogP contribution in [0, 0.1) is 17.6 Å². The van der Waals surface area contributed by atoms with Crippen molar-refractivity contribution >= 4 is 5.91 Å². The van der Waals surface area contributed by atoms with E-state index >= 15 is 0 Å². The first kappa shape index (κ1) is 15.9. The average molecular weight is 296 g/mol. The first-order valence-corrected chi connectivity index (χ1v) is 7.48. The maximum Gasteiger partial charge on any atom is 0.222 e. The van der Waals surface area contributed by atoms with E-state index in [0.717, 1.165) is 12.5 Å². The number of halogens is 2. The zero-order valence-corrected chi connectivity index (χ0v) is 12.5. The summed E-state index contributed by atoms with van der Waals surface area (Å²) in [6.07, 6.45) is 1.42. The number of hydrogen-bond donors (Lipinski definition) is 1. The Morgan fingerprint density at radius 3 is 2.81 bits per heavy atom. The summed E-state index contributed by atoms with van der Waals surface area (Å²) in [5, 5.41) is 3.22. The van der Waals surface area contributed by atoms with Crippen molar-refractivity contribution in [1.82, 2.24) is 10.2 Å². The molecule has 1 aromatic carbocycles. The van der Waals surface area contributed by atoms with Gasteiger partial charge in [-0.3, -0.25) is 4.79 Å². The Hall–Kier alpha value is -1.49. The van der Waals surface area contributed by atoms with E-state index in [2.05, 4.69) is 5.32 Å². The Kier molecular flexibility index (Phi) is 5.28. The lowest BCUT2D eigenvalue weighted by Crippen LogP contribution is -2.37. The third kappa shape index (κ3) is 3.79. The van der Waals surface area contributed by atoms with Gasteiger partial charge in [0.1, 0.15) is 0 Å². The van der Waals surface area contributed by atoms with Crippen molar-refractivity contribution < 1.29 is 13.6 Å².